The van der Waals surface area contributed by atoms with Crippen molar-refractivity contribution >= 4 is 11.8 Å². The van der Waals surface area contributed by atoms with E-state index in [2.05, 4.69) is 29.7 Å². The van der Waals surface area contributed by atoms with Gasteiger partial charge in [-0.1, -0.05) is 25.5 Å². The molecule has 0 aliphatic heterocycles. The number of nitrogens with one attached hydrogen (secondary N) is 2. The molecule has 0 saturated heterocycles. The lowest BCUT2D eigenvalue weighted by atomic mass is 10.1. The van der Waals surface area contributed by atoms with Crippen LogP contribution in [0.25, 0.3) is 0 Å². The quantitative estimate of drug-likeness (QED) is 0.871. The van der Waals surface area contributed by atoms with Gasteiger partial charge in [-0.25, -0.2) is 4.79 Å². The van der Waals surface area contributed by atoms with E-state index < -0.39 is 5.60 Å². The standard InChI is InChI=1S/C18H28N2O2/c1-13-7-5-10-16(13)20-15-9-6-8-14(11-15)12-19-17(21)22-18(2,3)4/h6,8-9,11,13,16,20H,5,7,10,12H2,1-4H3,(H,19,21). The zero-order valence-electron chi connectivity index (χ0n) is 14.1. The third-order valence-corrected chi connectivity index (χ3v) is 3.98. The molecule has 1 aromatic carbocycles. The molecule has 2 N–H and O–H groups in total. The Bertz CT molecular complexity index is 508. The monoisotopic (exact) mass is 304 g/mol. The first kappa shape index (κ1) is 16.7. The van der Waals surface area contributed by atoms with Gasteiger partial charge < -0.3 is 15.4 Å². The van der Waals surface area contributed by atoms with Crippen LogP contribution >= 0.6 is 0 Å². The van der Waals surface area contributed by atoms with Crippen molar-refractivity contribution < 1.29 is 9.53 Å². The fourth-order valence-electron chi connectivity index (χ4n) is 2.83. The molecule has 1 aliphatic rings. The summed E-state index contributed by atoms with van der Waals surface area (Å²) in [6.45, 7) is 8.36. The summed E-state index contributed by atoms with van der Waals surface area (Å²) in [5, 5.41) is 6.41. The van der Waals surface area contributed by atoms with Crippen LogP contribution in [-0.2, 0) is 11.3 Å². The molecule has 1 fully saturated rings. The third kappa shape index (κ3) is 5.24. The van der Waals surface area contributed by atoms with Gasteiger partial charge in [-0.3, -0.25) is 0 Å². The van der Waals surface area contributed by atoms with E-state index in [4.69, 9.17) is 4.74 Å². The zero-order valence-corrected chi connectivity index (χ0v) is 14.1. The Morgan fingerprint density at radius 1 is 1.32 bits per heavy atom. The van der Waals surface area contributed by atoms with Crippen LogP contribution in [0.5, 0.6) is 0 Å². The Labute approximate surface area is 133 Å². The van der Waals surface area contributed by atoms with Crippen molar-refractivity contribution in [2.24, 2.45) is 5.92 Å². The van der Waals surface area contributed by atoms with Gasteiger partial charge in [-0.15, -0.1) is 0 Å². The highest BCUT2D eigenvalue weighted by Crippen LogP contribution is 2.28. The lowest BCUT2D eigenvalue weighted by molar-refractivity contribution is 0.0523. The second kappa shape index (κ2) is 7.03. The number of ether oxygens (including phenoxy) is 1. The van der Waals surface area contributed by atoms with Crippen molar-refractivity contribution in [3.8, 4) is 0 Å². The average Bonchev–Trinajstić information content (AvgIpc) is 2.81. The number of hydrogen-bond donors (Lipinski definition) is 2. The van der Waals surface area contributed by atoms with Gasteiger partial charge in [0, 0.05) is 18.3 Å². The van der Waals surface area contributed by atoms with E-state index in [1.807, 2.05) is 32.9 Å². The van der Waals surface area contributed by atoms with Gasteiger partial charge in [-0.05, 0) is 57.2 Å². The number of amides is 1. The molecule has 1 amide bonds. The predicted octanol–water partition coefficient (Wildman–Crippen LogP) is 4.31. The van der Waals surface area contributed by atoms with E-state index in [1.165, 1.54) is 19.3 Å². The molecule has 0 aromatic heterocycles. The largest absolute Gasteiger partial charge is 0.444 e. The van der Waals surface area contributed by atoms with Crippen molar-refractivity contribution in [2.75, 3.05) is 5.32 Å². The van der Waals surface area contributed by atoms with Gasteiger partial charge in [0.1, 0.15) is 5.60 Å². The van der Waals surface area contributed by atoms with Gasteiger partial charge in [0.2, 0.25) is 0 Å². The second-order valence-electron chi connectivity index (χ2n) is 7.21. The Balaban J connectivity index is 1.87. The third-order valence-electron chi connectivity index (χ3n) is 3.98. The second-order valence-corrected chi connectivity index (χ2v) is 7.21. The molecule has 0 radical (unpaired) electrons. The van der Waals surface area contributed by atoms with Crippen LogP contribution in [-0.4, -0.2) is 17.7 Å². The SMILES string of the molecule is CC1CCCC1Nc1cccc(CNC(=O)OC(C)(C)C)c1. The molecule has 122 valence electrons. The lowest BCUT2D eigenvalue weighted by Gasteiger charge is -2.20. The average molecular weight is 304 g/mol. The molecular formula is C18H28N2O2. The van der Waals surface area contributed by atoms with E-state index in [0.717, 1.165) is 17.2 Å². The number of alkyl carbamates (subject to hydrolysis) is 1. The molecule has 2 atom stereocenters. The summed E-state index contributed by atoms with van der Waals surface area (Å²) >= 11 is 0. The first-order chi connectivity index (χ1) is 10.3. The minimum Gasteiger partial charge on any atom is -0.444 e. The molecule has 4 nitrogen and oxygen atoms in total. The molecule has 0 heterocycles. The molecule has 1 aliphatic carbocycles. The van der Waals surface area contributed by atoms with Crippen LogP contribution in [0.2, 0.25) is 0 Å². The molecule has 1 aromatic rings. The van der Waals surface area contributed by atoms with Crippen LogP contribution in [0.3, 0.4) is 0 Å². The maximum absolute atomic E-state index is 11.7. The maximum atomic E-state index is 11.7. The van der Waals surface area contributed by atoms with Crippen LogP contribution in [0, 0.1) is 5.92 Å². The molecule has 0 bridgehead atoms. The fraction of sp³-hybridized carbons (Fsp3) is 0.611. The highest BCUT2D eigenvalue weighted by Gasteiger charge is 2.22. The lowest BCUT2D eigenvalue weighted by Crippen LogP contribution is -2.32. The summed E-state index contributed by atoms with van der Waals surface area (Å²) in [7, 11) is 0. The summed E-state index contributed by atoms with van der Waals surface area (Å²) in [4.78, 5) is 11.7. The van der Waals surface area contributed by atoms with E-state index in [-0.39, 0.29) is 6.09 Å². The molecule has 2 rings (SSSR count). The van der Waals surface area contributed by atoms with Crippen molar-refractivity contribution in [1.82, 2.24) is 5.32 Å². The van der Waals surface area contributed by atoms with Gasteiger partial charge in [-0.2, -0.15) is 0 Å². The van der Waals surface area contributed by atoms with Gasteiger partial charge in [0.05, 0.1) is 0 Å². The molecule has 2 unspecified atom stereocenters. The smallest absolute Gasteiger partial charge is 0.407 e. The summed E-state index contributed by atoms with van der Waals surface area (Å²) in [5.41, 5.74) is 1.73. The van der Waals surface area contributed by atoms with Gasteiger partial charge >= 0.3 is 6.09 Å². The molecule has 22 heavy (non-hydrogen) atoms. The topological polar surface area (TPSA) is 50.4 Å². The number of rotatable bonds is 4. The number of carbonyl (C=O) groups is 1. The van der Waals surface area contributed by atoms with Gasteiger partial charge in [0.15, 0.2) is 0 Å². The van der Waals surface area contributed by atoms with Crippen molar-refractivity contribution in [2.45, 2.75) is 65.1 Å². The number of carbonyl (C=O) groups excluding carboxylic acids is 1. The van der Waals surface area contributed by atoms with E-state index in [0.29, 0.717) is 12.6 Å². The van der Waals surface area contributed by atoms with Crippen LogP contribution < -0.4 is 10.6 Å². The zero-order chi connectivity index (χ0) is 16.2. The highest BCUT2D eigenvalue weighted by atomic mass is 16.6. The Hall–Kier alpha value is -1.71. The summed E-state index contributed by atoms with van der Waals surface area (Å²) < 4.78 is 5.25. The maximum Gasteiger partial charge on any atom is 0.407 e. The fourth-order valence-corrected chi connectivity index (χ4v) is 2.83. The number of anilines is 1. The van der Waals surface area contributed by atoms with Crippen molar-refractivity contribution in [3.63, 3.8) is 0 Å². The van der Waals surface area contributed by atoms with Crippen molar-refractivity contribution in [3.05, 3.63) is 29.8 Å². The summed E-state index contributed by atoms with van der Waals surface area (Å²) in [5.74, 6) is 0.726. The van der Waals surface area contributed by atoms with Gasteiger partial charge in [0.25, 0.3) is 0 Å². The van der Waals surface area contributed by atoms with Crippen LogP contribution in [0.15, 0.2) is 24.3 Å². The van der Waals surface area contributed by atoms with Crippen LogP contribution in [0.4, 0.5) is 10.5 Å². The van der Waals surface area contributed by atoms with Crippen LogP contribution in [0.1, 0.15) is 52.5 Å². The minimum atomic E-state index is -0.466. The van der Waals surface area contributed by atoms with E-state index in [1.54, 1.807) is 0 Å². The molecule has 4 heteroatoms. The predicted molar refractivity (Wildman–Crippen MR) is 89.9 cm³/mol. The Morgan fingerprint density at radius 2 is 2.09 bits per heavy atom. The molecular weight excluding hydrogens is 276 g/mol. The normalized spacial score (nSPS) is 21.5. The van der Waals surface area contributed by atoms with Crippen molar-refractivity contribution in [1.29, 1.82) is 0 Å². The Morgan fingerprint density at radius 3 is 2.73 bits per heavy atom. The molecule has 1 saturated carbocycles. The Kier molecular flexibility index (Phi) is 5.33. The van der Waals surface area contributed by atoms with E-state index in [9.17, 15) is 4.79 Å². The number of hydrogen-bond acceptors (Lipinski definition) is 3. The first-order valence-corrected chi connectivity index (χ1v) is 8.16. The first-order valence-electron chi connectivity index (χ1n) is 8.16. The molecule has 0 spiro atoms. The van der Waals surface area contributed by atoms with E-state index >= 15 is 0 Å². The minimum absolute atomic E-state index is 0.379. The highest BCUT2D eigenvalue weighted by molar-refractivity contribution is 5.67. The summed E-state index contributed by atoms with van der Waals surface area (Å²) in [6.07, 6.45) is 3.47. The number of benzene rings is 1. The summed E-state index contributed by atoms with van der Waals surface area (Å²) in [6, 6.07) is 8.79.